The predicted molar refractivity (Wildman–Crippen MR) is 104 cm³/mol. The van der Waals surface area contributed by atoms with Crippen LogP contribution in [0.1, 0.15) is 0 Å². The van der Waals surface area contributed by atoms with Gasteiger partial charge in [0.25, 0.3) is 0 Å². The maximum atomic E-state index is 5.25. The van der Waals surface area contributed by atoms with E-state index in [0.29, 0.717) is 0 Å². The lowest BCUT2D eigenvalue weighted by molar-refractivity contribution is 0.415. The summed E-state index contributed by atoms with van der Waals surface area (Å²) in [7, 11) is 6.61. The van der Waals surface area contributed by atoms with E-state index in [0.717, 1.165) is 40.6 Å². The molecule has 0 aliphatic rings. The molecule has 2 aromatic heterocycles. The van der Waals surface area contributed by atoms with Crippen LogP contribution in [-0.4, -0.2) is 24.2 Å². The molecular formula is C16H12N2O2S4. The van der Waals surface area contributed by atoms with Gasteiger partial charge in [-0.05, 0) is 45.9 Å². The molecule has 4 rings (SSSR count). The molecule has 2 aromatic carbocycles. The lowest BCUT2D eigenvalue weighted by atomic mass is 10.3. The first-order valence-corrected chi connectivity index (χ1v) is 10.8. The predicted octanol–water partition coefficient (Wildman–Crippen LogP) is 5.72. The molecule has 0 aliphatic heterocycles. The fourth-order valence-electron chi connectivity index (χ4n) is 2.17. The van der Waals surface area contributed by atoms with Gasteiger partial charge in [-0.2, -0.15) is 0 Å². The van der Waals surface area contributed by atoms with Crippen LogP contribution in [0, 0.1) is 0 Å². The maximum Gasteiger partial charge on any atom is 0.162 e. The number of rotatable bonds is 5. The van der Waals surface area contributed by atoms with Crippen molar-refractivity contribution >= 4 is 64.7 Å². The molecule has 24 heavy (non-hydrogen) atoms. The zero-order valence-electron chi connectivity index (χ0n) is 12.8. The van der Waals surface area contributed by atoms with E-state index in [2.05, 4.69) is 9.97 Å². The highest BCUT2D eigenvalue weighted by molar-refractivity contribution is 8.77. The van der Waals surface area contributed by atoms with Crippen LogP contribution < -0.4 is 9.47 Å². The molecule has 0 fully saturated rings. The van der Waals surface area contributed by atoms with Crippen molar-refractivity contribution in [3.8, 4) is 11.5 Å². The standard InChI is InChI=1S/C16H12N2O2S4/c1-19-9-3-5-13-11(7-9)17-15(21-13)23-24-16-18-12-8-10(20-2)4-6-14(12)22-16/h3-8H,1-2H3. The molecule has 0 saturated heterocycles. The number of aromatic nitrogens is 2. The van der Waals surface area contributed by atoms with Crippen LogP contribution in [0.2, 0.25) is 0 Å². The Kier molecular flexibility index (Phi) is 4.53. The van der Waals surface area contributed by atoms with Crippen molar-refractivity contribution < 1.29 is 9.47 Å². The van der Waals surface area contributed by atoms with Crippen molar-refractivity contribution in [3.63, 3.8) is 0 Å². The normalized spacial score (nSPS) is 11.2. The molecule has 0 unspecified atom stereocenters. The SMILES string of the molecule is COc1ccc2sc(SSc3nc4cc(OC)ccc4s3)nc2c1. The van der Waals surface area contributed by atoms with Crippen LogP contribution in [0.3, 0.4) is 0 Å². The summed E-state index contributed by atoms with van der Waals surface area (Å²) in [4.78, 5) is 9.31. The highest BCUT2D eigenvalue weighted by Crippen LogP contribution is 2.43. The Hall–Kier alpha value is -1.48. The summed E-state index contributed by atoms with van der Waals surface area (Å²) in [5, 5.41) is 0. The summed E-state index contributed by atoms with van der Waals surface area (Å²) < 4.78 is 14.8. The highest BCUT2D eigenvalue weighted by atomic mass is 33.1. The molecule has 0 N–H and O–H groups in total. The van der Waals surface area contributed by atoms with Crippen molar-refractivity contribution in [2.75, 3.05) is 14.2 Å². The van der Waals surface area contributed by atoms with E-state index >= 15 is 0 Å². The molecule has 8 heteroatoms. The molecule has 0 saturated carbocycles. The van der Waals surface area contributed by atoms with Gasteiger partial charge in [-0.15, -0.1) is 22.7 Å². The summed E-state index contributed by atoms with van der Waals surface area (Å²) in [5.41, 5.74) is 1.94. The Balaban J connectivity index is 1.53. The number of hydrogen-bond acceptors (Lipinski definition) is 8. The quantitative estimate of drug-likeness (QED) is 0.405. The van der Waals surface area contributed by atoms with E-state index in [1.807, 2.05) is 36.4 Å². The minimum Gasteiger partial charge on any atom is -0.497 e. The lowest BCUT2D eigenvalue weighted by Gasteiger charge is -1.96. The summed E-state index contributed by atoms with van der Waals surface area (Å²) in [6, 6.07) is 11.9. The summed E-state index contributed by atoms with van der Waals surface area (Å²) in [6.07, 6.45) is 0. The Morgan fingerprint density at radius 3 is 1.62 bits per heavy atom. The van der Waals surface area contributed by atoms with E-state index in [9.17, 15) is 0 Å². The van der Waals surface area contributed by atoms with Crippen LogP contribution in [-0.2, 0) is 0 Å². The van der Waals surface area contributed by atoms with E-state index in [-0.39, 0.29) is 0 Å². The number of nitrogens with zero attached hydrogens (tertiary/aromatic N) is 2. The summed E-state index contributed by atoms with van der Waals surface area (Å²) in [5.74, 6) is 1.66. The number of thiazole rings is 2. The van der Waals surface area contributed by atoms with Crippen LogP contribution in [0.25, 0.3) is 20.4 Å². The van der Waals surface area contributed by atoms with Crippen molar-refractivity contribution in [2.45, 2.75) is 8.68 Å². The third-order valence-electron chi connectivity index (χ3n) is 3.33. The molecule has 0 radical (unpaired) electrons. The number of fused-ring (bicyclic) bond motifs is 2. The van der Waals surface area contributed by atoms with Gasteiger partial charge in [0.15, 0.2) is 8.68 Å². The van der Waals surface area contributed by atoms with E-state index < -0.39 is 0 Å². The summed E-state index contributed by atoms with van der Waals surface area (Å²) >= 11 is 3.36. The molecular weight excluding hydrogens is 380 g/mol. The van der Waals surface area contributed by atoms with Gasteiger partial charge >= 0.3 is 0 Å². The monoisotopic (exact) mass is 392 g/mol. The van der Waals surface area contributed by atoms with Gasteiger partial charge < -0.3 is 9.47 Å². The molecule has 0 bridgehead atoms. The minimum absolute atomic E-state index is 0.831. The highest BCUT2D eigenvalue weighted by Gasteiger charge is 2.10. The van der Waals surface area contributed by atoms with Gasteiger partial charge in [0, 0.05) is 12.1 Å². The van der Waals surface area contributed by atoms with Crippen LogP contribution >= 0.6 is 44.3 Å². The van der Waals surface area contributed by atoms with E-state index in [1.54, 1.807) is 58.5 Å². The van der Waals surface area contributed by atoms with E-state index in [1.165, 1.54) is 0 Å². The average molecular weight is 393 g/mol. The molecule has 4 nitrogen and oxygen atoms in total. The van der Waals surface area contributed by atoms with Crippen molar-refractivity contribution in [3.05, 3.63) is 36.4 Å². The fraction of sp³-hybridized carbons (Fsp3) is 0.125. The Morgan fingerprint density at radius 1 is 0.750 bits per heavy atom. The molecule has 0 aliphatic carbocycles. The number of methoxy groups -OCH3 is 2. The van der Waals surface area contributed by atoms with Gasteiger partial charge in [-0.1, -0.05) is 0 Å². The second-order valence-electron chi connectivity index (χ2n) is 4.79. The zero-order valence-corrected chi connectivity index (χ0v) is 16.1. The molecule has 0 amide bonds. The van der Waals surface area contributed by atoms with Crippen LogP contribution in [0.5, 0.6) is 11.5 Å². The van der Waals surface area contributed by atoms with E-state index in [4.69, 9.17) is 9.47 Å². The number of benzene rings is 2. The van der Waals surface area contributed by atoms with Gasteiger partial charge in [0.1, 0.15) is 11.5 Å². The Labute approximate surface area is 154 Å². The molecule has 122 valence electrons. The van der Waals surface area contributed by atoms with Gasteiger partial charge in [0.05, 0.1) is 34.7 Å². The minimum atomic E-state index is 0.831. The number of hydrogen-bond donors (Lipinski definition) is 0. The topological polar surface area (TPSA) is 44.2 Å². The maximum absolute atomic E-state index is 5.25. The number of ether oxygens (including phenoxy) is 2. The molecule has 4 aromatic rings. The van der Waals surface area contributed by atoms with Gasteiger partial charge in [-0.3, -0.25) is 0 Å². The molecule has 2 heterocycles. The summed E-state index contributed by atoms with van der Waals surface area (Å²) in [6.45, 7) is 0. The van der Waals surface area contributed by atoms with Crippen LogP contribution in [0.4, 0.5) is 0 Å². The zero-order chi connectivity index (χ0) is 16.5. The smallest absolute Gasteiger partial charge is 0.162 e. The second kappa shape index (κ2) is 6.79. The Morgan fingerprint density at radius 2 is 1.21 bits per heavy atom. The first kappa shape index (κ1) is 16.0. The van der Waals surface area contributed by atoms with Crippen molar-refractivity contribution in [1.29, 1.82) is 0 Å². The van der Waals surface area contributed by atoms with Gasteiger partial charge in [-0.25, -0.2) is 9.97 Å². The molecule has 0 atom stereocenters. The van der Waals surface area contributed by atoms with Gasteiger partial charge in [0.2, 0.25) is 0 Å². The van der Waals surface area contributed by atoms with Crippen molar-refractivity contribution in [1.82, 2.24) is 9.97 Å². The molecule has 0 spiro atoms. The first-order chi connectivity index (χ1) is 11.7. The van der Waals surface area contributed by atoms with Crippen LogP contribution in [0.15, 0.2) is 45.1 Å². The second-order valence-corrected chi connectivity index (χ2v) is 9.48. The fourth-order valence-corrected chi connectivity index (χ4v) is 6.62. The average Bonchev–Trinajstić information content (AvgIpc) is 3.21. The lowest BCUT2D eigenvalue weighted by Crippen LogP contribution is -1.80. The van der Waals surface area contributed by atoms with Crippen molar-refractivity contribution in [2.24, 2.45) is 0 Å². The largest absolute Gasteiger partial charge is 0.497 e. The third-order valence-corrected chi connectivity index (χ3v) is 8.38. The first-order valence-electron chi connectivity index (χ1n) is 6.99. The Bertz CT molecular complexity index is 930. The third kappa shape index (κ3) is 3.19.